The molecular formula is C7H6CaNO3+. The third kappa shape index (κ3) is 2.55. The first-order chi connectivity index (χ1) is 5.11. The quantitative estimate of drug-likeness (QED) is 0.470. The first kappa shape index (κ1) is 11.5. The zero-order valence-electron chi connectivity index (χ0n) is 6.28. The molecule has 1 aromatic carbocycles. The first-order valence-electron chi connectivity index (χ1n) is 2.91. The number of hydrogen-bond acceptors (Lipinski definition) is 3. The van der Waals surface area contributed by atoms with Crippen molar-refractivity contribution < 1.29 is 15.0 Å². The van der Waals surface area contributed by atoms with E-state index in [1.165, 1.54) is 12.1 Å². The summed E-state index contributed by atoms with van der Waals surface area (Å²) in [6.07, 6.45) is 0. The second-order valence-corrected chi connectivity index (χ2v) is 2.06. The van der Waals surface area contributed by atoms with E-state index in [0.29, 0.717) is 0 Å². The zero-order chi connectivity index (χ0) is 8.43. The minimum absolute atomic E-state index is 0. The van der Waals surface area contributed by atoms with Crippen LogP contribution in [0, 0.1) is 0 Å². The average molecular weight is 192 g/mol. The predicted molar refractivity (Wildman–Crippen MR) is 43.0 cm³/mol. The van der Waals surface area contributed by atoms with Gasteiger partial charge in [0.15, 0.2) is 0 Å². The van der Waals surface area contributed by atoms with E-state index in [-0.39, 0.29) is 49.0 Å². The van der Waals surface area contributed by atoms with E-state index >= 15 is 0 Å². The van der Waals surface area contributed by atoms with E-state index in [0.717, 1.165) is 6.07 Å². The van der Waals surface area contributed by atoms with E-state index in [4.69, 9.17) is 10.8 Å². The van der Waals surface area contributed by atoms with Crippen molar-refractivity contribution in [2.75, 3.05) is 5.73 Å². The predicted octanol–water partition coefficient (Wildman–Crippen LogP) is -0.340. The van der Waals surface area contributed by atoms with Crippen LogP contribution in [-0.4, -0.2) is 48.8 Å². The van der Waals surface area contributed by atoms with Gasteiger partial charge < -0.3 is 15.9 Å². The van der Waals surface area contributed by atoms with Crippen molar-refractivity contribution in [2.24, 2.45) is 0 Å². The molecule has 0 fully saturated rings. The smallest absolute Gasteiger partial charge is 0.872 e. The largest absolute Gasteiger partial charge is 2.00 e. The van der Waals surface area contributed by atoms with Crippen LogP contribution in [0.5, 0.6) is 5.75 Å². The van der Waals surface area contributed by atoms with Crippen molar-refractivity contribution in [1.29, 1.82) is 0 Å². The fourth-order valence-corrected chi connectivity index (χ4v) is 0.716. The molecule has 0 bridgehead atoms. The minimum atomic E-state index is -1.23. The van der Waals surface area contributed by atoms with Crippen LogP contribution in [0.15, 0.2) is 18.2 Å². The standard InChI is InChI=1S/C7H7NO3.Ca/c8-4-1-2-5(7(10)11)6(9)3-4;/h1-3,9H,8H2,(H,10,11);/q;+2/p-1. The Morgan fingerprint density at radius 3 is 2.50 bits per heavy atom. The normalized spacial score (nSPS) is 8.67. The van der Waals surface area contributed by atoms with Crippen molar-refractivity contribution in [3.8, 4) is 5.75 Å². The number of anilines is 1. The maximum atomic E-state index is 10.8. The van der Waals surface area contributed by atoms with Crippen molar-refractivity contribution in [2.45, 2.75) is 0 Å². The molecule has 58 valence electrons. The molecule has 0 aliphatic heterocycles. The fraction of sp³-hybridized carbons (Fsp3) is 0. The van der Waals surface area contributed by atoms with Crippen molar-refractivity contribution in [3.05, 3.63) is 23.8 Å². The van der Waals surface area contributed by atoms with Gasteiger partial charge in [0, 0.05) is 5.69 Å². The van der Waals surface area contributed by atoms with E-state index in [9.17, 15) is 9.90 Å². The second-order valence-electron chi connectivity index (χ2n) is 2.06. The number of carbonyl (C=O) groups is 1. The molecule has 0 aliphatic rings. The summed E-state index contributed by atoms with van der Waals surface area (Å²) in [6.45, 7) is 0. The number of carboxylic acids is 1. The van der Waals surface area contributed by atoms with Crippen LogP contribution in [0.2, 0.25) is 0 Å². The third-order valence-corrected chi connectivity index (χ3v) is 1.24. The number of nitrogen functional groups attached to an aromatic ring is 1. The Hall–Kier alpha value is -0.450. The molecule has 0 saturated carbocycles. The van der Waals surface area contributed by atoms with Crippen molar-refractivity contribution >= 4 is 49.4 Å². The third-order valence-electron chi connectivity index (χ3n) is 1.24. The van der Waals surface area contributed by atoms with Crippen LogP contribution in [0.4, 0.5) is 5.69 Å². The average Bonchev–Trinajstić information content (AvgIpc) is 1.85. The molecular weight excluding hydrogens is 186 g/mol. The molecule has 0 amide bonds. The molecule has 1 rings (SSSR count). The van der Waals surface area contributed by atoms with Crippen LogP contribution < -0.4 is 10.8 Å². The number of aromatic carboxylic acids is 1. The number of hydrogen-bond donors (Lipinski definition) is 2. The molecule has 0 saturated heterocycles. The maximum absolute atomic E-state index is 10.8. The molecule has 1 aromatic rings. The molecule has 4 nitrogen and oxygen atoms in total. The van der Waals surface area contributed by atoms with Gasteiger partial charge in [-0.15, -0.1) is 0 Å². The van der Waals surface area contributed by atoms with Crippen molar-refractivity contribution in [1.82, 2.24) is 0 Å². The fourth-order valence-electron chi connectivity index (χ4n) is 0.716. The topological polar surface area (TPSA) is 86.4 Å². The van der Waals surface area contributed by atoms with Gasteiger partial charge in [-0.05, 0) is 18.2 Å². The van der Waals surface area contributed by atoms with E-state index in [2.05, 4.69) is 0 Å². The SMILES string of the molecule is Nc1ccc(C(=O)O)c([O-])c1.[Ca+2]. The molecule has 5 heteroatoms. The summed E-state index contributed by atoms with van der Waals surface area (Å²) in [5, 5.41) is 19.2. The molecule has 12 heavy (non-hydrogen) atoms. The van der Waals surface area contributed by atoms with Gasteiger partial charge in [-0.3, -0.25) is 0 Å². The van der Waals surface area contributed by atoms with Gasteiger partial charge in [0.05, 0.1) is 5.56 Å². The minimum Gasteiger partial charge on any atom is -0.872 e. The Kier molecular flexibility index (Phi) is 4.37. The van der Waals surface area contributed by atoms with Crippen LogP contribution in [0.1, 0.15) is 10.4 Å². The van der Waals surface area contributed by atoms with Gasteiger partial charge in [-0.2, -0.15) is 0 Å². The van der Waals surface area contributed by atoms with E-state index < -0.39 is 11.7 Å². The van der Waals surface area contributed by atoms with Crippen LogP contribution in [-0.2, 0) is 0 Å². The first-order valence-corrected chi connectivity index (χ1v) is 2.91. The van der Waals surface area contributed by atoms with Crippen LogP contribution >= 0.6 is 0 Å². The Bertz CT molecular complexity index is 301. The Morgan fingerprint density at radius 1 is 1.50 bits per heavy atom. The molecule has 0 aliphatic carbocycles. The summed E-state index contributed by atoms with van der Waals surface area (Å²) >= 11 is 0. The zero-order valence-corrected chi connectivity index (χ0v) is 8.49. The molecule has 0 radical (unpaired) electrons. The molecule has 0 atom stereocenters. The second kappa shape index (κ2) is 4.54. The summed E-state index contributed by atoms with van der Waals surface area (Å²) in [6, 6.07) is 3.66. The molecule has 0 unspecified atom stereocenters. The van der Waals surface area contributed by atoms with Crippen LogP contribution in [0.3, 0.4) is 0 Å². The Balaban J connectivity index is 0.00000121. The molecule has 3 N–H and O–H groups in total. The number of nitrogens with two attached hydrogens (primary N) is 1. The number of carboxylic acid groups (broad SMARTS) is 1. The molecule has 0 aromatic heterocycles. The summed E-state index contributed by atoms with van der Waals surface area (Å²) < 4.78 is 0. The van der Waals surface area contributed by atoms with Gasteiger partial charge in [-0.25, -0.2) is 4.79 Å². The summed E-state index contributed by atoms with van der Waals surface area (Å²) in [7, 11) is 0. The summed E-state index contributed by atoms with van der Waals surface area (Å²) in [5.41, 5.74) is 5.26. The number of benzene rings is 1. The Morgan fingerprint density at radius 2 is 2.08 bits per heavy atom. The van der Waals surface area contributed by atoms with E-state index in [1.54, 1.807) is 0 Å². The van der Waals surface area contributed by atoms with Crippen molar-refractivity contribution in [3.63, 3.8) is 0 Å². The summed E-state index contributed by atoms with van der Waals surface area (Å²) in [5.74, 6) is -1.78. The monoisotopic (exact) mass is 192 g/mol. The van der Waals surface area contributed by atoms with Gasteiger partial charge in [0.2, 0.25) is 0 Å². The van der Waals surface area contributed by atoms with Gasteiger partial charge in [0.1, 0.15) is 0 Å². The maximum Gasteiger partial charge on any atom is 2.00 e. The van der Waals surface area contributed by atoms with E-state index in [1.807, 2.05) is 0 Å². The van der Waals surface area contributed by atoms with Gasteiger partial charge >= 0.3 is 43.7 Å². The molecule has 0 heterocycles. The van der Waals surface area contributed by atoms with Crippen LogP contribution in [0.25, 0.3) is 0 Å². The summed E-state index contributed by atoms with van der Waals surface area (Å²) in [4.78, 5) is 10.3. The number of rotatable bonds is 1. The van der Waals surface area contributed by atoms with Gasteiger partial charge in [0.25, 0.3) is 0 Å². The van der Waals surface area contributed by atoms with Gasteiger partial charge in [-0.1, -0.05) is 5.75 Å². The Labute approximate surface area is 99.0 Å². The molecule has 0 spiro atoms.